The third kappa shape index (κ3) is 7.45. The van der Waals surface area contributed by atoms with Crippen LogP contribution in [0.1, 0.15) is 20.8 Å². The molecular weight excluding hydrogens is 696 g/mol. The van der Waals surface area contributed by atoms with Crippen molar-refractivity contribution in [2.24, 2.45) is 0 Å². The predicted molar refractivity (Wildman–Crippen MR) is 172 cm³/mol. The van der Waals surface area contributed by atoms with Gasteiger partial charge in [-0.15, -0.1) is 0 Å². The predicted octanol–water partition coefficient (Wildman–Crippen LogP) is -1.39. The lowest BCUT2D eigenvalue weighted by atomic mass is 9.98. The fourth-order valence-electron chi connectivity index (χ4n) is 6.15. The average molecular weight is 737 g/mol. The number of rotatable bonds is 8. The van der Waals surface area contributed by atoms with Gasteiger partial charge in [-0.05, 0) is 50.2 Å². The Morgan fingerprint density at radius 3 is 2.10 bits per heavy atom. The van der Waals surface area contributed by atoms with Crippen molar-refractivity contribution >= 4 is 16.9 Å². The molecule has 18 heteroatoms. The summed E-state index contributed by atoms with van der Waals surface area (Å²) >= 11 is 0. The topological polar surface area (TPSA) is 274 Å². The van der Waals surface area contributed by atoms with Crippen LogP contribution < -0.4 is 14.9 Å². The lowest BCUT2D eigenvalue weighted by Gasteiger charge is -2.45. The Morgan fingerprint density at radius 1 is 0.750 bits per heavy atom. The number of aliphatic hydroxyl groups is 7. The van der Waals surface area contributed by atoms with E-state index in [1.54, 1.807) is 0 Å². The minimum Gasteiger partial charge on any atom is -0.508 e. The molecule has 4 heterocycles. The molecule has 2 aromatic carbocycles. The summed E-state index contributed by atoms with van der Waals surface area (Å²) < 4.78 is 45.9. The Bertz CT molecular complexity index is 1780. The van der Waals surface area contributed by atoms with Crippen molar-refractivity contribution in [1.29, 1.82) is 0 Å². The number of ether oxygens (including phenoxy) is 7. The van der Waals surface area contributed by atoms with Gasteiger partial charge in [-0.3, -0.25) is 9.59 Å². The maximum Gasteiger partial charge on any atom is 0.303 e. The van der Waals surface area contributed by atoms with E-state index in [4.69, 9.17) is 37.6 Å². The number of aromatic hydroxyl groups is 1. The highest BCUT2D eigenvalue weighted by atomic mass is 16.7. The summed E-state index contributed by atoms with van der Waals surface area (Å²) in [5, 5.41) is 82.6. The number of benzene rings is 2. The van der Waals surface area contributed by atoms with Gasteiger partial charge in [0.25, 0.3) is 0 Å². The highest BCUT2D eigenvalue weighted by Gasteiger charge is 2.51. The molecule has 52 heavy (non-hydrogen) atoms. The molecule has 3 aromatic rings. The summed E-state index contributed by atoms with van der Waals surface area (Å²) in [4.78, 5) is 26.1. The second-order valence-corrected chi connectivity index (χ2v) is 12.8. The van der Waals surface area contributed by atoms with Crippen LogP contribution in [-0.4, -0.2) is 139 Å². The standard InChI is InChI=1S/C34H40O18/c1-12-21(38)24(41)26(43)33(46-12)49-17-8-9-18-20(10-17)50-29(15-4-6-16(36)7-5-15)30(22(18)39)52-34-27(44)31(28(13(2)47-34)48-14(3)35)51-32-25(42)23(40)19(37)11-45-32/h4-10,12-13,19,21,23-28,31-34,36-38,40-44H,11H2,1-3H3. The molecule has 0 amide bonds. The fraction of sp³-hybridized carbons (Fsp3) is 0.529. The van der Waals surface area contributed by atoms with E-state index in [9.17, 15) is 50.4 Å². The Labute approximate surface area is 294 Å². The van der Waals surface area contributed by atoms with Gasteiger partial charge in [0.2, 0.25) is 23.8 Å². The minimum absolute atomic E-state index is 0.0318. The highest BCUT2D eigenvalue weighted by Crippen LogP contribution is 2.37. The first-order chi connectivity index (χ1) is 24.6. The zero-order valence-corrected chi connectivity index (χ0v) is 28.0. The van der Waals surface area contributed by atoms with Gasteiger partial charge in [0, 0.05) is 18.6 Å². The van der Waals surface area contributed by atoms with Gasteiger partial charge in [0.1, 0.15) is 65.9 Å². The van der Waals surface area contributed by atoms with Crippen LogP contribution in [0, 0.1) is 0 Å². The first-order valence-electron chi connectivity index (χ1n) is 16.4. The van der Waals surface area contributed by atoms with E-state index in [1.807, 2.05) is 0 Å². The van der Waals surface area contributed by atoms with Gasteiger partial charge in [0.05, 0.1) is 24.2 Å². The van der Waals surface area contributed by atoms with E-state index in [0.717, 1.165) is 6.92 Å². The smallest absolute Gasteiger partial charge is 0.303 e. The van der Waals surface area contributed by atoms with Crippen molar-refractivity contribution in [2.45, 2.75) is 107 Å². The molecule has 14 unspecified atom stereocenters. The van der Waals surface area contributed by atoms with Gasteiger partial charge in [0.15, 0.2) is 18.2 Å². The van der Waals surface area contributed by atoms with Crippen LogP contribution in [0.15, 0.2) is 51.7 Å². The summed E-state index contributed by atoms with van der Waals surface area (Å²) in [6.07, 6.45) is -20.6. The van der Waals surface area contributed by atoms with E-state index in [0.29, 0.717) is 0 Å². The van der Waals surface area contributed by atoms with Crippen molar-refractivity contribution in [1.82, 2.24) is 0 Å². The number of hydrogen-bond donors (Lipinski definition) is 8. The Morgan fingerprint density at radius 2 is 1.40 bits per heavy atom. The van der Waals surface area contributed by atoms with Crippen molar-refractivity contribution in [3.05, 3.63) is 52.7 Å². The Balaban J connectivity index is 1.35. The molecule has 14 atom stereocenters. The summed E-state index contributed by atoms with van der Waals surface area (Å²) in [7, 11) is 0. The summed E-state index contributed by atoms with van der Waals surface area (Å²) in [6, 6.07) is 9.53. The van der Waals surface area contributed by atoms with Crippen molar-refractivity contribution in [3.8, 4) is 28.6 Å². The number of fused-ring (bicyclic) bond motifs is 1. The molecule has 3 saturated heterocycles. The number of phenolic OH excluding ortho intramolecular Hbond substituents is 1. The molecule has 0 bridgehead atoms. The first-order valence-corrected chi connectivity index (χ1v) is 16.4. The van der Waals surface area contributed by atoms with E-state index >= 15 is 0 Å². The molecule has 3 fully saturated rings. The number of phenols is 1. The molecule has 0 aliphatic carbocycles. The number of carbonyl (C=O) groups excluding carboxylic acids is 1. The van der Waals surface area contributed by atoms with E-state index in [1.165, 1.54) is 56.3 Å². The maximum atomic E-state index is 14.1. The summed E-state index contributed by atoms with van der Waals surface area (Å²) in [5.74, 6) is -1.43. The van der Waals surface area contributed by atoms with E-state index in [2.05, 4.69) is 0 Å². The molecule has 18 nitrogen and oxygen atoms in total. The molecule has 1 aromatic heterocycles. The number of esters is 1. The van der Waals surface area contributed by atoms with Gasteiger partial charge in [-0.1, -0.05) is 0 Å². The third-order valence-corrected chi connectivity index (χ3v) is 9.04. The maximum absolute atomic E-state index is 14.1. The van der Waals surface area contributed by atoms with Crippen LogP contribution in [0.5, 0.6) is 17.2 Å². The third-order valence-electron chi connectivity index (χ3n) is 9.04. The van der Waals surface area contributed by atoms with Crippen LogP contribution in [0.4, 0.5) is 0 Å². The van der Waals surface area contributed by atoms with Crippen LogP contribution >= 0.6 is 0 Å². The van der Waals surface area contributed by atoms with Crippen LogP contribution in [0.25, 0.3) is 22.3 Å². The second-order valence-electron chi connectivity index (χ2n) is 12.8. The molecule has 3 aliphatic heterocycles. The second kappa shape index (κ2) is 15.2. The summed E-state index contributed by atoms with van der Waals surface area (Å²) in [6.45, 7) is 3.66. The van der Waals surface area contributed by atoms with Gasteiger partial charge in [-0.2, -0.15) is 0 Å². The minimum atomic E-state index is -1.84. The molecular formula is C34H40O18. The summed E-state index contributed by atoms with van der Waals surface area (Å²) in [5.41, 5.74) is -0.538. The molecule has 0 radical (unpaired) electrons. The molecule has 8 N–H and O–H groups in total. The fourth-order valence-corrected chi connectivity index (χ4v) is 6.15. The largest absolute Gasteiger partial charge is 0.508 e. The van der Waals surface area contributed by atoms with Crippen molar-refractivity contribution in [3.63, 3.8) is 0 Å². The molecule has 284 valence electrons. The van der Waals surface area contributed by atoms with E-state index < -0.39 is 110 Å². The zero-order valence-electron chi connectivity index (χ0n) is 28.0. The van der Waals surface area contributed by atoms with Gasteiger partial charge >= 0.3 is 5.97 Å². The van der Waals surface area contributed by atoms with Gasteiger partial charge in [-0.25, -0.2) is 0 Å². The number of hydrogen-bond acceptors (Lipinski definition) is 18. The van der Waals surface area contributed by atoms with Gasteiger partial charge < -0.3 is 78.4 Å². The van der Waals surface area contributed by atoms with E-state index in [-0.39, 0.29) is 33.8 Å². The highest BCUT2D eigenvalue weighted by molar-refractivity contribution is 5.83. The lowest BCUT2D eigenvalue weighted by Crippen LogP contribution is -2.63. The normalized spacial score (nSPS) is 36.7. The van der Waals surface area contributed by atoms with Crippen molar-refractivity contribution < 1.29 is 83.2 Å². The van der Waals surface area contributed by atoms with Crippen molar-refractivity contribution in [2.75, 3.05) is 6.61 Å². The zero-order chi connectivity index (χ0) is 37.6. The number of carbonyl (C=O) groups is 1. The quantitative estimate of drug-likeness (QED) is 0.124. The molecule has 6 rings (SSSR count). The number of aliphatic hydroxyl groups excluding tert-OH is 7. The molecule has 0 saturated carbocycles. The molecule has 0 spiro atoms. The average Bonchev–Trinajstić information content (AvgIpc) is 3.11. The van der Waals surface area contributed by atoms with Crippen LogP contribution in [0.2, 0.25) is 0 Å². The molecule has 3 aliphatic rings. The SMILES string of the molecule is CC(=O)OC1C(C)OC(Oc2c(-c3ccc(O)cc3)oc3cc(OC4OC(C)C(O)C(O)C4O)ccc3c2=O)C(O)C1OC1OCC(O)C(O)C1O. The van der Waals surface area contributed by atoms with Crippen LogP contribution in [-0.2, 0) is 28.5 Å². The monoisotopic (exact) mass is 736 g/mol. The Hall–Kier alpha value is -3.92. The first kappa shape index (κ1) is 37.8. The van der Waals surface area contributed by atoms with Crippen LogP contribution in [0.3, 0.4) is 0 Å². The lowest BCUT2D eigenvalue weighted by molar-refractivity contribution is -0.336. The Kier molecular flexibility index (Phi) is 11.1.